The van der Waals surface area contributed by atoms with E-state index >= 15 is 0 Å². The SMILES string of the molecule is CCCCC(=O)N1CCN(C(=O)C2CC(=O)N(C(C)c3ccccc3)C2)CC1. The van der Waals surface area contributed by atoms with Gasteiger partial charge in [-0.2, -0.15) is 0 Å². The van der Waals surface area contributed by atoms with Crippen LogP contribution in [0, 0.1) is 5.92 Å². The van der Waals surface area contributed by atoms with Crippen LogP contribution in [0.3, 0.4) is 0 Å². The van der Waals surface area contributed by atoms with Gasteiger partial charge in [0.1, 0.15) is 0 Å². The minimum atomic E-state index is -0.277. The zero-order chi connectivity index (χ0) is 20.1. The standard InChI is InChI=1S/C22H31N3O3/c1-3-4-10-20(26)23-11-13-24(14-12-23)22(28)19-15-21(27)25(16-19)17(2)18-8-6-5-7-9-18/h5-9,17,19H,3-4,10-16H2,1-2H3. The number of nitrogens with zero attached hydrogens (tertiary/aromatic N) is 3. The molecule has 2 saturated heterocycles. The fourth-order valence-corrected chi connectivity index (χ4v) is 4.10. The van der Waals surface area contributed by atoms with E-state index in [1.54, 1.807) is 0 Å². The van der Waals surface area contributed by atoms with Gasteiger partial charge in [-0.05, 0) is 18.9 Å². The molecule has 1 aromatic rings. The van der Waals surface area contributed by atoms with E-state index in [9.17, 15) is 14.4 Å². The number of likely N-dealkylation sites (tertiary alicyclic amines) is 1. The summed E-state index contributed by atoms with van der Waals surface area (Å²) in [5.41, 5.74) is 1.09. The average molecular weight is 386 g/mol. The number of hydrogen-bond donors (Lipinski definition) is 0. The zero-order valence-corrected chi connectivity index (χ0v) is 17.0. The molecule has 2 aliphatic heterocycles. The van der Waals surface area contributed by atoms with Crippen LogP contribution < -0.4 is 0 Å². The first-order valence-corrected chi connectivity index (χ1v) is 10.4. The van der Waals surface area contributed by atoms with Crippen molar-refractivity contribution in [1.82, 2.24) is 14.7 Å². The van der Waals surface area contributed by atoms with Gasteiger partial charge in [0.2, 0.25) is 17.7 Å². The fraction of sp³-hybridized carbons (Fsp3) is 0.591. The molecule has 152 valence electrons. The van der Waals surface area contributed by atoms with E-state index in [1.807, 2.05) is 52.0 Å². The minimum Gasteiger partial charge on any atom is -0.339 e. The monoisotopic (exact) mass is 385 g/mol. The van der Waals surface area contributed by atoms with Crippen molar-refractivity contribution in [2.45, 2.75) is 45.6 Å². The fourth-order valence-electron chi connectivity index (χ4n) is 4.10. The number of carbonyl (C=O) groups is 3. The van der Waals surface area contributed by atoms with Crippen molar-refractivity contribution in [1.29, 1.82) is 0 Å². The summed E-state index contributed by atoms with van der Waals surface area (Å²) in [5.74, 6) is 0.00807. The molecule has 2 aliphatic rings. The molecule has 1 aromatic carbocycles. The summed E-state index contributed by atoms with van der Waals surface area (Å²) in [5, 5.41) is 0. The molecule has 2 heterocycles. The number of rotatable bonds is 6. The molecular formula is C22H31N3O3. The molecule has 2 unspecified atom stereocenters. The average Bonchev–Trinajstić information content (AvgIpc) is 3.13. The number of amides is 3. The maximum atomic E-state index is 12.9. The van der Waals surface area contributed by atoms with Gasteiger partial charge in [-0.25, -0.2) is 0 Å². The molecule has 0 radical (unpaired) electrons. The maximum Gasteiger partial charge on any atom is 0.228 e. The molecular weight excluding hydrogens is 354 g/mol. The van der Waals surface area contributed by atoms with Crippen LogP contribution in [0.2, 0.25) is 0 Å². The van der Waals surface area contributed by atoms with Crippen molar-refractivity contribution in [3.8, 4) is 0 Å². The molecule has 6 nitrogen and oxygen atoms in total. The second-order valence-corrected chi connectivity index (χ2v) is 7.84. The van der Waals surface area contributed by atoms with Gasteiger partial charge in [0.25, 0.3) is 0 Å². The van der Waals surface area contributed by atoms with E-state index in [0.717, 1.165) is 18.4 Å². The van der Waals surface area contributed by atoms with Crippen molar-refractivity contribution >= 4 is 17.7 Å². The third-order valence-electron chi connectivity index (χ3n) is 5.95. The Labute approximate surface area is 167 Å². The Balaban J connectivity index is 1.53. The highest BCUT2D eigenvalue weighted by Crippen LogP contribution is 2.29. The number of carbonyl (C=O) groups excluding carboxylic acids is 3. The van der Waals surface area contributed by atoms with Gasteiger partial charge >= 0.3 is 0 Å². The second kappa shape index (κ2) is 9.22. The number of piperazine rings is 1. The molecule has 3 amide bonds. The van der Waals surface area contributed by atoms with Crippen molar-refractivity contribution in [3.63, 3.8) is 0 Å². The van der Waals surface area contributed by atoms with Gasteiger partial charge in [0.15, 0.2) is 0 Å². The van der Waals surface area contributed by atoms with Crippen LogP contribution in [0.5, 0.6) is 0 Å². The van der Waals surface area contributed by atoms with Gasteiger partial charge in [-0.3, -0.25) is 14.4 Å². The zero-order valence-electron chi connectivity index (χ0n) is 17.0. The van der Waals surface area contributed by atoms with E-state index in [-0.39, 0.29) is 36.1 Å². The summed E-state index contributed by atoms with van der Waals surface area (Å²) in [4.78, 5) is 43.1. The number of benzene rings is 1. The van der Waals surface area contributed by atoms with Gasteiger partial charge in [-0.1, -0.05) is 43.7 Å². The normalized spacial score (nSPS) is 21.1. The van der Waals surface area contributed by atoms with E-state index in [4.69, 9.17) is 0 Å². The predicted octanol–water partition coefficient (Wildman–Crippen LogP) is 2.46. The van der Waals surface area contributed by atoms with E-state index < -0.39 is 0 Å². The summed E-state index contributed by atoms with van der Waals surface area (Å²) in [6.45, 7) is 6.89. The molecule has 0 aliphatic carbocycles. The Kier molecular flexibility index (Phi) is 6.70. The molecule has 0 aromatic heterocycles. The molecule has 0 spiro atoms. The summed E-state index contributed by atoms with van der Waals surface area (Å²) < 4.78 is 0. The molecule has 2 atom stereocenters. The van der Waals surface area contributed by atoms with E-state index in [1.165, 1.54) is 0 Å². The van der Waals surface area contributed by atoms with Crippen LogP contribution in [0.1, 0.15) is 51.1 Å². The van der Waals surface area contributed by atoms with Gasteiger partial charge in [-0.15, -0.1) is 0 Å². The summed E-state index contributed by atoms with van der Waals surface area (Å²) in [6, 6.07) is 9.90. The quantitative estimate of drug-likeness (QED) is 0.756. The first-order valence-electron chi connectivity index (χ1n) is 10.4. The lowest BCUT2D eigenvalue weighted by Crippen LogP contribution is -2.52. The first-order chi connectivity index (χ1) is 13.5. The lowest BCUT2D eigenvalue weighted by atomic mass is 10.1. The van der Waals surface area contributed by atoms with Crippen LogP contribution in [0.4, 0.5) is 0 Å². The van der Waals surface area contributed by atoms with Gasteiger partial charge < -0.3 is 14.7 Å². The Morgan fingerprint density at radius 2 is 1.71 bits per heavy atom. The van der Waals surface area contributed by atoms with Crippen LogP contribution in [0.15, 0.2) is 30.3 Å². The maximum absolute atomic E-state index is 12.9. The van der Waals surface area contributed by atoms with Crippen molar-refractivity contribution in [2.24, 2.45) is 5.92 Å². The lowest BCUT2D eigenvalue weighted by molar-refractivity contribution is -0.142. The van der Waals surface area contributed by atoms with Crippen LogP contribution >= 0.6 is 0 Å². The molecule has 6 heteroatoms. The third-order valence-corrected chi connectivity index (χ3v) is 5.95. The third kappa shape index (κ3) is 4.54. The first kappa shape index (κ1) is 20.4. The van der Waals surface area contributed by atoms with Crippen molar-refractivity contribution in [3.05, 3.63) is 35.9 Å². The van der Waals surface area contributed by atoms with Crippen molar-refractivity contribution in [2.75, 3.05) is 32.7 Å². The summed E-state index contributed by atoms with van der Waals surface area (Å²) >= 11 is 0. The number of hydrogen-bond acceptors (Lipinski definition) is 3. The molecule has 3 rings (SSSR count). The Hall–Kier alpha value is -2.37. The molecule has 0 bridgehead atoms. The van der Waals surface area contributed by atoms with E-state index in [0.29, 0.717) is 39.1 Å². The topological polar surface area (TPSA) is 60.9 Å². The lowest BCUT2D eigenvalue weighted by Gasteiger charge is -2.36. The Bertz CT molecular complexity index is 698. The number of unbranched alkanes of at least 4 members (excludes halogenated alkanes) is 1. The highest BCUT2D eigenvalue weighted by Gasteiger charge is 2.39. The van der Waals surface area contributed by atoms with Crippen LogP contribution in [-0.4, -0.2) is 65.1 Å². The second-order valence-electron chi connectivity index (χ2n) is 7.84. The summed E-state index contributed by atoms with van der Waals surface area (Å²) in [7, 11) is 0. The van der Waals surface area contributed by atoms with Crippen LogP contribution in [0.25, 0.3) is 0 Å². The molecule has 28 heavy (non-hydrogen) atoms. The highest BCUT2D eigenvalue weighted by atomic mass is 16.2. The Morgan fingerprint density at radius 3 is 2.36 bits per heavy atom. The van der Waals surface area contributed by atoms with Gasteiger partial charge in [0, 0.05) is 45.6 Å². The smallest absolute Gasteiger partial charge is 0.228 e. The van der Waals surface area contributed by atoms with E-state index in [2.05, 4.69) is 6.92 Å². The summed E-state index contributed by atoms with van der Waals surface area (Å²) in [6.07, 6.45) is 2.80. The van der Waals surface area contributed by atoms with Gasteiger partial charge in [0.05, 0.1) is 12.0 Å². The molecule has 0 N–H and O–H groups in total. The highest BCUT2D eigenvalue weighted by molar-refractivity contribution is 5.89. The van der Waals surface area contributed by atoms with Crippen LogP contribution in [-0.2, 0) is 14.4 Å². The molecule has 0 saturated carbocycles. The minimum absolute atomic E-state index is 0.0282. The predicted molar refractivity (Wildman–Crippen MR) is 107 cm³/mol. The molecule has 2 fully saturated rings. The largest absolute Gasteiger partial charge is 0.339 e. The Morgan fingerprint density at radius 1 is 1.07 bits per heavy atom. The van der Waals surface area contributed by atoms with Crippen molar-refractivity contribution < 1.29 is 14.4 Å².